The zero-order chi connectivity index (χ0) is 26.6. The van der Waals surface area contributed by atoms with Crippen molar-refractivity contribution >= 4 is 11.6 Å². The van der Waals surface area contributed by atoms with Gasteiger partial charge >= 0.3 is 0 Å². The molecule has 0 N–H and O–H groups in total. The van der Waals surface area contributed by atoms with E-state index in [4.69, 9.17) is 21.1 Å². The molecule has 0 atom stereocenters. The van der Waals surface area contributed by atoms with Crippen LogP contribution in [-0.4, -0.2) is 19.1 Å². The first-order valence-corrected chi connectivity index (χ1v) is 14.0. The number of hydrogen-bond acceptors (Lipinski definition) is 2. The summed E-state index contributed by atoms with van der Waals surface area (Å²) in [5.74, 6) is 0.620. The minimum absolute atomic E-state index is 0.620. The van der Waals surface area contributed by atoms with E-state index >= 15 is 0 Å². The van der Waals surface area contributed by atoms with Crippen molar-refractivity contribution in [3.05, 3.63) is 118 Å². The minimum atomic E-state index is 0.620. The van der Waals surface area contributed by atoms with Gasteiger partial charge in [-0.2, -0.15) is 0 Å². The summed E-state index contributed by atoms with van der Waals surface area (Å²) < 4.78 is 11.9. The summed E-state index contributed by atoms with van der Waals surface area (Å²) in [6, 6.07) is 20.7. The Morgan fingerprint density at radius 3 is 1.76 bits per heavy atom. The van der Waals surface area contributed by atoms with Crippen molar-refractivity contribution in [3.63, 3.8) is 0 Å². The van der Waals surface area contributed by atoms with Crippen LogP contribution in [0.1, 0.15) is 70.4 Å². The Kier molecular flexibility index (Phi) is 16.4. The Balaban J connectivity index is 1.81. The maximum atomic E-state index is 6.08. The van der Waals surface area contributed by atoms with Crippen molar-refractivity contribution in [3.8, 4) is 0 Å². The van der Waals surface area contributed by atoms with Crippen molar-refractivity contribution in [2.45, 2.75) is 72.5 Å². The van der Waals surface area contributed by atoms with Gasteiger partial charge in [-0.15, -0.1) is 11.6 Å². The van der Waals surface area contributed by atoms with Crippen LogP contribution in [0.15, 0.2) is 107 Å². The Morgan fingerprint density at radius 1 is 0.622 bits per heavy atom. The van der Waals surface area contributed by atoms with E-state index in [0.29, 0.717) is 32.3 Å². The molecule has 0 aliphatic heterocycles. The fourth-order valence-electron chi connectivity index (χ4n) is 3.87. The smallest absolute Gasteiger partial charge is 0.0721 e. The van der Waals surface area contributed by atoms with Crippen LogP contribution in [0.3, 0.4) is 0 Å². The lowest BCUT2D eigenvalue weighted by Crippen LogP contribution is -2.00. The Bertz CT molecular complexity index is 987. The molecule has 0 spiro atoms. The van der Waals surface area contributed by atoms with Gasteiger partial charge in [0.25, 0.3) is 0 Å². The molecule has 0 radical (unpaired) electrons. The molecule has 2 aromatic rings. The van der Waals surface area contributed by atoms with Crippen molar-refractivity contribution in [1.82, 2.24) is 0 Å². The number of allylic oxidation sites excluding steroid dienone is 6. The normalized spacial score (nSPS) is 13.3. The third-order valence-electron chi connectivity index (χ3n) is 6.23. The summed E-state index contributed by atoms with van der Waals surface area (Å²) >= 11 is 5.87. The van der Waals surface area contributed by atoms with Crippen molar-refractivity contribution < 1.29 is 9.47 Å². The molecule has 2 rings (SSSR count). The maximum Gasteiger partial charge on any atom is 0.0721 e. The number of rotatable bonds is 18. The number of benzene rings is 2. The van der Waals surface area contributed by atoms with Crippen LogP contribution in [-0.2, 0) is 22.7 Å². The molecular weight excluding hydrogens is 476 g/mol. The lowest BCUT2D eigenvalue weighted by Gasteiger charge is -2.10. The van der Waals surface area contributed by atoms with E-state index in [1.54, 1.807) is 0 Å². The van der Waals surface area contributed by atoms with Crippen molar-refractivity contribution in [2.75, 3.05) is 19.1 Å². The molecule has 0 bridgehead atoms. The number of alkyl halides is 1. The van der Waals surface area contributed by atoms with Gasteiger partial charge in [0.1, 0.15) is 0 Å². The quantitative estimate of drug-likeness (QED) is 0.111. The lowest BCUT2D eigenvalue weighted by atomic mass is 10.0. The highest BCUT2D eigenvalue weighted by molar-refractivity contribution is 6.19. The number of halogens is 1. The summed E-state index contributed by atoms with van der Waals surface area (Å²) in [5, 5.41) is 0. The van der Waals surface area contributed by atoms with Gasteiger partial charge in [-0.1, -0.05) is 102 Å². The Morgan fingerprint density at radius 2 is 1.14 bits per heavy atom. The second kappa shape index (κ2) is 19.7. The SMILES string of the molecule is C/C(=C\CC/C(C)=C/CC/C(=C/CC/C(C)=C/COCc1ccccc1)COCc1ccccc1)CCl. The molecule has 0 saturated heterocycles. The molecule has 0 fully saturated rings. The molecule has 200 valence electrons. The van der Waals surface area contributed by atoms with Crippen LogP contribution in [0.25, 0.3) is 0 Å². The first-order valence-electron chi connectivity index (χ1n) is 13.5. The van der Waals surface area contributed by atoms with Gasteiger partial charge in [0.2, 0.25) is 0 Å². The first-order chi connectivity index (χ1) is 18.1. The highest BCUT2D eigenvalue weighted by Crippen LogP contribution is 2.15. The molecule has 3 heteroatoms. The maximum absolute atomic E-state index is 6.08. The topological polar surface area (TPSA) is 18.5 Å². The highest BCUT2D eigenvalue weighted by atomic mass is 35.5. The molecule has 0 heterocycles. The largest absolute Gasteiger partial charge is 0.373 e. The average molecular weight is 521 g/mol. The predicted octanol–water partition coefficient (Wildman–Crippen LogP) is 9.76. The third kappa shape index (κ3) is 15.5. The molecule has 0 saturated carbocycles. The van der Waals surface area contributed by atoms with Gasteiger partial charge in [-0.05, 0) is 76.0 Å². The third-order valence-corrected chi connectivity index (χ3v) is 6.65. The fourth-order valence-corrected chi connectivity index (χ4v) is 3.98. The zero-order valence-electron chi connectivity index (χ0n) is 23.1. The summed E-state index contributed by atoms with van der Waals surface area (Å²) in [4.78, 5) is 0. The van der Waals surface area contributed by atoms with Gasteiger partial charge < -0.3 is 9.47 Å². The molecule has 0 aliphatic rings. The van der Waals surface area contributed by atoms with Crippen molar-refractivity contribution in [2.24, 2.45) is 0 Å². The van der Waals surface area contributed by atoms with Crippen LogP contribution < -0.4 is 0 Å². The summed E-state index contributed by atoms with van der Waals surface area (Å²) in [6.07, 6.45) is 15.5. The average Bonchev–Trinajstić information content (AvgIpc) is 2.92. The fraction of sp³-hybridized carbons (Fsp3) is 0.412. The van der Waals surface area contributed by atoms with Gasteiger partial charge in [-0.3, -0.25) is 0 Å². The zero-order valence-corrected chi connectivity index (χ0v) is 23.8. The molecule has 0 aromatic heterocycles. The van der Waals surface area contributed by atoms with Crippen LogP contribution in [0.2, 0.25) is 0 Å². The summed E-state index contributed by atoms with van der Waals surface area (Å²) in [6.45, 7) is 9.15. The van der Waals surface area contributed by atoms with E-state index in [0.717, 1.165) is 38.5 Å². The molecule has 2 aromatic carbocycles. The number of hydrogen-bond donors (Lipinski definition) is 0. The summed E-state index contributed by atoms with van der Waals surface area (Å²) in [5.41, 5.74) is 7.87. The van der Waals surface area contributed by atoms with Crippen LogP contribution in [0.5, 0.6) is 0 Å². The second-order valence-electron chi connectivity index (χ2n) is 9.74. The molecule has 2 nitrogen and oxygen atoms in total. The van der Waals surface area contributed by atoms with Gasteiger partial charge in [0.05, 0.1) is 26.4 Å². The van der Waals surface area contributed by atoms with Gasteiger partial charge in [0.15, 0.2) is 0 Å². The monoisotopic (exact) mass is 520 g/mol. The number of ether oxygens (including phenoxy) is 2. The van der Waals surface area contributed by atoms with E-state index < -0.39 is 0 Å². The van der Waals surface area contributed by atoms with Crippen LogP contribution >= 0.6 is 11.6 Å². The van der Waals surface area contributed by atoms with E-state index in [2.05, 4.69) is 81.5 Å². The summed E-state index contributed by atoms with van der Waals surface area (Å²) in [7, 11) is 0. The standard InChI is InChI=1S/C34H45ClO2/c1-29(13-10-16-31(3)25-35)14-11-21-34(28-37-27-33-19-8-5-9-20-33)22-12-15-30(2)23-24-36-26-32-17-6-4-7-18-32/h4-9,14,16-20,22-23H,10-13,15,21,24-28H2,1-3H3/b29-14+,30-23+,31-16+,34-22-. The molecule has 0 amide bonds. The van der Waals surface area contributed by atoms with Crippen LogP contribution in [0, 0.1) is 0 Å². The van der Waals surface area contributed by atoms with Crippen molar-refractivity contribution in [1.29, 1.82) is 0 Å². The molecule has 37 heavy (non-hydrogen) atoms. The van der Waals surface area contributed by atoms with E-state index in [1.165, 1.54) is 33.4 Å². The van der Waals surface area contributed by atoms with E-state index in [1.807, 2.05) is 24.3 Å². The lowest BCUT2D eigenvalue weighted by molar-refractivity contribution is 0.140. The molecule has 0 unspecified atom stereocenters. The molecular formula is C34H45ClO2. The van der Waals surface area contributed by atoms with Crippen LogP contribution in [0.4, 0.5) is 0 Å². The van der Waals surface area contributed by atoms with Gasteiger partial charge in [-0.25, -0.2) is 0 Å². The van der Waals surface area contributed by atoms with E-state index in [-0.39, 0.29) is 0 Å². The second-order valence-corrected chi connectivity index (χ2v) is 10.0. The Labute approximate surface area is 230 Å². The van der Waals surface area contributed by atoms with Gasteiger partial charge in [0, 0.05) is 5.88 Å². The predicted molar refractivity (Wildman–Crippen MR) is 160 cm³/mol. The Hall–Kier alpha value is -2.39. The molecule has 0 aliphatic carbocycles. The highest BCUT2D eigenvalue weighted by Gasteiger charge is 2.01. The first kappa shape index (κ1) is 30.8. The minimum Gasteiger partial charge on any atom is -0.373 e. The van der Waals surface area contributed by atoms with E-state index in [9.17, 15) is 0 Å².